The average Bonchev–Trinajstić information content (AvgIpc) is 2.50. The van der Waals surface area contributed by atoms with Gasteiger partial charge in [0.25, 0.3) is 0 Å². The maximum Gasteiger partial charge on any atom is 0.106 e. The lowest BCUT2D eigenvalue weighted by molar-refractivity contribution is 0.571. The van der Waals surface area contributed by atoms with Crippen LogP contribution in [-0.4, -0.2) is 15.6 Å². The van der Waals surface area contributed by atoms with E-state index in [1.165, 1.54) is 5.52 Å². The van der Waals surface area contributed by atoms with E-state index in [0.717, 1.165) is 24.3 Å². The minimum absolute atomic E-state index is 0.241. The van der Waals surface area contributed by atoms with Crippen LogP contribution < -0.4 is 5.73 Å². The minimum Gasteiger partial charge on any atom is -0.328 e. The van der Waals surface area contributed by atoms with E-state index in [0.29, 0.717) is 0 Å². The van der Waals surface area contributed by atoms with Gasteiger partial charge in [0.1, 0.15) is 5.82 Å². The van der Waals surface area contributed by atoms with Gasteiger partial charge in [-0.25, -0.2) is 4.98 Å². The normalized spacial score (nSPS) is 13.3. The highest BCUT2D eigenvalue weighted by molar-refractivity contribution is 5.75. The van der Waals surface area contributed by atoms with Crippen LogP contribution in [0.25, 0.3) is 11.0 Å². The molecule has 15 heavy (non-hydrogen) atoms. The second-order valence-electron chi connectivity index (χ2n) is 4.07. The Morgan fingerprint density at radius 3 is 2.87 bits per heavy atom. The Morgan fingerprint density at radius 2 is 2.13 bits per heavy atom. The van der Waals surface area contributed by atoms with Gasteiger partial charge in [-0.3, -0.25) is 0 Å². The van der Waals surface area contributed by atoms with Crippen molar-refractivity contribution in [2.24, 2.45) is 5.73 Å². The summed E-state index contributed by atoms with van der Waals surface area (Å²) in [5, 5.41) is 0. The first-order chi connectivity index (χ1) is 7.18. The van der Waals surface area contributed by atoms with Crippen LogP contribution in [0.15, 0.2) is 24.3 Å². The van der Waals surface area contributed by atoms with E-state index in [1.807, 2.05) is 32.0 Å². The van der Waals surface area contributed by atoms with E-state index in [9.17, 15) is 0 Å². The Kier molecular flexibility index (Phi) is 2.73. The molecule has 0 bridgehead atoms. The Hall–Kier alpha value is -1.35. The summed E-state index contributed by atoms with van der Waals surface area (Å²) in [4.78, 5) is 4.51. The summed E-state index contributed by atoms with van der Waals surface area (Å²) in [6, 6.07) is 8.46. The summed E-state index contributed by atoms with van der Waals surface area (Å²) in [5.41, 5.74) is 8.04. The molecule has 0 saturated heterocycles. The number of nitrogens with two attached hydrogens (primary N) is 1. The number of benzene rings is 1. The Balaban J connectivity index is 2.36. The molecule has 2 rings (SSSR count). The molecule has 1 atom stereocenters. The van der Waals surface area contributed by atoms with Crippen LogP contribution in [-0.2, 0) is 6.54 Å². The Morgan fingerprint density at radius 1 is 1.40 bits per heavy atom. The van der Waals surface area contributed by atoms with Gasteiger partial charge >= 0.3 is 0 Å². The summed E-state index contributed by atoms with van der Waals surface area (Å²) < 4.78 is 2.23. The third-order valence-electron chi connectivity index (χ3n) is 2.65. The van der Waals surface area contributed by atoms with Crippen LogP contribution in [0.3, 0.4) is 0 Å². The predicted octanol–water partition coefficient (Wildman–Crippen LogP) is 2.08. The van der Waals surface area contributed by atoms with Gasteiger partial charge in [0, 0.05) is 12.6 Å². The zero-order chi connectivity index (χ0) is 10.8. The molecule has 0 amide bonds. The number of imidazole rings is 1. The maximum absolute atomic E-state index is 5.77. The van der Waals surface area contributed by atoms with Gasteiger partial charge in [0.15, 0.2) is 0 Å². The Bertz CT molecular complexity index is 457. The zero-order valence-electron chi connectivity index (χ0n) is 9.27. The minimum atomic E-state index is 0.241. The van der Waals surface area contributed by atoms with Gasteiger partial charge in [0.2, 0.25) is 0 Å². The topological polar surface area (TPSA) is 43.8 Å². The highest BCUT2D eigenvalue weighted by Crippen LogP contribution is 2.15. The molecule has 0 aliphatic carbocycles. The van der Waals surface area contributed by atoms with Crippen molar-refractivity contribution >= 4 is 11.0 Å². The third-order valence-corrected chi connectivity index (χ3v) is 2.65. The molecule has 80 valence electrons. The highest BCUT2D eigenvalue weighted by atomic mass is 15.1. The number of nitrogens with zero attached hydrogens (tertiary/aromatic N) is 2. The van der Waals surface area contributed by atoms with E-state index in [4.69, 9.17) is 5.73 Å². The molecule has 1 heterocycles. The maximum atomic E-state index is 5.77. The lowest BCUT2D eigenvalue weighted by Crippen LogP contribution is -2.17. The SMILES string of the molecule is Cc1nc2ccccc2n1CCC(C)N. The first-order valence-corrected chi connectivity index (χ1v) is 5.36. The molecule has 2 aromatic rings. The van der Waals surface area contributed by atoms with Gasteiger partial charge in [0.05, 0.1) is 11.0 Å². The van der Waals surface area contributed by atoms with E-state index < -0.39 is 0 Å². The second kappa shape index (κ2) is 4.03. The molecule has 0 saturated carbocycles. The summed E-state index contributed by atoms with van der Waals surface area (Å²) in [5.74, 6) is 1.07. The quantitative estimate of drug-likeness (QED) is 0.830. The highest BCUT2D eigenvalue weighted by Gasteiger charge is 2.06. The fourth-order valence-corrected chi connectivity index (χ4v) is 1.81. The number of para-hydroxylation sites is 2. The molecule has 0 aliphatic rings. The van der Waals surface area contributed by atoms with Gasteiger partial charge in [-0.2, -0.15) is 0 Å². The molecule has 3 nitrogen and oxygen atoms in total. The van der Waals surface area contributed by atoms with Crippen molar-refractivity contribution in [2.75, 3.05) is 0 Å². The van der Waals surface area contributed by atoms with Gasteiger partial charge in [-0.05, 0) is 32.4 Å². The summed E-state index contributed by atoms with van der Waals surface area (Å²) >= 11 is 0. The van der Waals surface area contributed by atoms with Crippen molar-refractivity contribution in [3.8, 4) is 0 Å². The van der Waals surface area contributed by atoms with Crippen LogP contribution in [0.2, 0.25) is 0 Å². The smallest absolute Gasteiger partial charge is 0.106 e. The van der Waals surface area contributed by atoms with Crippen LogP contribution in [0.4, 0.5) is 0 Å². The molecule has 3 heteroatoms. The largest absolute Gasteiger partial charge is 0.328 e. The van der Waals surface area contributed by atoms with Crippen molar-refractivity contribution in [3.63, 3.8) is 0 Å². The average molecular weight is 203 g/mol. The van der Waals surface area contributed by atoms with Gasteiger partial charge < -0.3 is 10.3 Å². The van der Waals surface area contributed by atoms with Crippen LogP contribution >= 0.6 is 0 Å². The first-order valence-electron chi connectivity index (χ1n) is 5.36. The number of rotatable bonds is 3. The van der Waals surface area contributed by atoms with Gasteiger partial charge in [-0.15, -0.1) is 0 Å². The number of aromatic nitrogens is 2. The van der Waals surface area contributed by atoms with Crippen LogP contribution in [0.1, 0.15) is 19.2 Å². The molecular formula is C12H17N3. The summed E-state index contributed by atoms with van der Waals surface area (Å²) in [6.07, 6.45) is 0.987. The fourth-order valence-electron chi connectivity index (χ4n) is 1.81. The predicted molar refractivity (Wildman–Crippen MR) is 62.7 cm³/mol. The van der Waals surface area contributed by atoms with Crippen molar-refractivity contribution < 1.29 is 0 Å². The number of hydrogen-bond acceptors (Lipinski definition) is 2. The van der Waals surface area contributed by atoms with Crippen molar-refractivity contribution in [2.45, 2.75) is 32.9 Å². The van der Waals surface area contributed by atoms with Gasteiger partial charge in [-0.1, -0.05) is 12.1 Å². The second-order valence-corrected chi connectivity index (χ2v) is 4.07. The number of hydrogen-bond donors (Lipinski definition) is 1. The molecule has 0 fully saturated rings. The third kappa shape index (κ3) is 2.02. The molecule has 0 radical (unpaired) electrons. The molecular weight excluding hydrogens is 186 g/mol. The van der Waals surface area contributed by atoms with Crippen molar-refractivity contribution in [3.05, 3.63) is 30.1 Å². The lowest BCUT2D eigenvalue weighted by atomic mass is 10.2. The monoisotopic (exact) mass is 203 g/mol. The summed E-state index contributed by atoms with van der Waals surface area (Å²) in [6.45, 7) is 5.03. The van der Waals surface area contributed by atoms with Crippen molar-refractivity contribution in [1.82, 2.24) is 9.55 Å². The zero-order valence-corrected chi connectivity index (χ0v) is 9.27. The molecule has 1 unspecified atom stereocenters. The van der Waals surface area contributed by atoms with E-state index >= 15 is 0 Å². The summed E-state index contributed by atoms with van der Waals surface area (Å²) in [7, 11) is 0. The van der Waals surface area contributed by atoms with E-state index in [2.05, 4.69) is 15.6 Å². The molecule has 2 N–H and O–H groups in total. The lowest BCUT2D eigenvalue weighted by Gasteiger charge is -2.08. The Labute approximate surface area is 89.9 Å². The molecule has 1 aromatic carbocycles. The van der Waals surface area contributed by atoms with E-state index in [1.54, 1.807) is 0 Å². The van der Waals surface area contributed by atoms with Crippen LogP contribution in [0, 0.1) is 6.92 Å². The molecule has 0 aliphatic heterocycles. The number of fused-ring (bicyclic) bond motifs is 1. The van der Waals surface area contributed by atoms with Crippen LogP contribution in [0.5, 0.6) is 0 Å². The van der Waals surface area contributed by atoms with Crippen molar-refractivity contribution in [1.29, 1.82) is 0 Å². The number of aryl methyl sites for hydroxylation is 2. The molecule has 1 aromatic heterocycles. The standard InChI is InChI=1S/C12H17N3/c1-9(13)7-8-15-10(2)14-11-5-3-4-6-12(11)15/h3-6,9H,7-8,13H2,1-2H3. The fraction of sp³-hybridized carbons (Fsp3) is 0.417. The first kappa shape index (κ1) is 10.2. The van der Waals surface area contributed by atoms with E-state index in [-0.39, 0.29) is 6.04 Å². The molecule has 0 spiro atoms.